The summed E-state index contributed by atoms with van der Waals surface area (Å²) in [5.74, 6) is -1.90. The van der Waals surface area contributed by atoms with Crippen LogP contribution in [0.25, 0.3) is 11.3 Å². The molecule has 190 valence electrons. The second kappa shape index (κ2) is 10.1. The van der Waals surface area contributed by atoms with Gasteiger partial charge in [0.1, 0.15) is 5.69 Å². The monoisotopic (exact) mass is 531 g/mol. The molecule has 1 aromatic carbocycles. The number of alkyl halides is 2. The Morgan fingerprint density at radius 3 is 2.65 bits per heavy atom. The SMILES string of the molecule is O=C(Nc1cnn(Cc2cnc(N3CCC3)c(F)c2)c1)c1cncc(-c2c(C(F)F)ccc(Cl)c2F)n1. The fourth-order valence-electron chi connectivity index (χ4n) is 3.82. The lowest BCUT2D eigenvalue weighted by molar-refractivity contribution is 0.102. The van der Waals surface area contributed by atoms with Gasteiger partial charge in [-0.3, -0.25) is 14.5 Å². The van der Waals surface area contributed by atoms with Crippen LogP contribution in [0, 0.1) is 11.6 Å². The van der Waals surface area contributed by atoms with E-state index in [9.17, 15) is 22.4 Å². The van der Waals surface area contributed by atoms with Crippen molar-refractivity contribution in [1.82, 2.24) is 24.7 Å². The van der Waals surface area contributed by atoms with Crippen molar-refractivity contribution in [2.45, 2.75) is 19.4 Å². The summed E-state index contributed by atoms with van der Waals surface area (Å²) in [6.45, 7) is 1.76. The number of anilines is 2. The average molecular weight is 532 g/mol. The zero-order valence-electron chi connectivity index (χ0n) is 19.0. The summed E-state index contributed by atoms with van der Waals surface area (Å²) in [6, 6.07) is 3.41. The smallest absolute Gasteiger partial charge is 0.275 e. The molecule has 8 nitrogen and oxygen atoms in total. The number of pyridine rings is 1. The number of rotatable bonds is 7. The second-order valence-electron chi connectivity index (χ2n) is 8.29. The Hall–Kier alpha value is -4.06. The summed E-state index contributed by atoms with van der Waals surface area (Å²) in [7, 11) is 0. The Balaban J connectivity index is 1.31. The molecule has 1 aliphatic rings. The van der Waals surface area contributed by atoms with Crippen molar-refractivity contribution < 1.29 is 22.4 Å². The zero-order chi connectivity index (χ0) is 26.1. The summed E-state index contributed by atoms with van der Waals surface area (Å²) < 4.78 is 57.4. The van der Waals surface area contributed by atoms with Crippen molar-refractivity contribution in [3.8, 4) is 11.3 Å². The predicted octanol–water partition coefficient (Wildman–Crippen LogP) is 5.12. The van der Waals surface area contributed by atoms with Crippen molar-refractivity contribution >= 4 is 29.0 Å². The van der Waals surface area contributed by atoms with Crippen molar-refractivity contribution in [2.75, 3.05) is 23.3 Å². The summed E-state index contributed by atoms with van der Waals surface area (Å²) >= 11 is 5.77. The lowest BCUT2D eigenvalue weighted by atomic mass is 10.0. The van der Waals surface area contributed by atoms with E-state index in [1.165, 1.54) is 23.1 Å². The van der Waals surface area contributed by atoms with E-state index in [2.05, 4.69) is 25.4 Å². The van der Waals surface area contributed by atoms with Gasteiger partial charge < -0.3 is 10.2 Å². The minimum Gasteiger partial charge on any atom is -0.354 e. The van der Waals surface area contributed by atoms with E-state index >= 15 is 0 Å². The Bertz CT molecular complexity index is 1480. The third-order valence-electron chi connectivity index (χ3n) is 5.76. The number of carbonyl (C=O) groups excluding carboxylic acids is 1. The minimum atomic E-state index is -3.00. The maximum absolute atomic E-state index is 14.6. The van der Waals surface area contributed by atoms with Gasteiger partial charge in [-0.05, 0) is 24.1 Å². The maximum atomic E-state index is 14.6. The molecule has 4 aromatic rings. The molecule has 0 saturated carbocycles. The van der Waals surface area contributed by atoms with E-state index in [1.807, 2.05) is 4.90 Å². The number of carbonyl (C=O) groups is 1. The number of halogens is 5. The van der Waals surface area contributed by atoms with Gasteiger partial charge in [-0.25, -0.2) is 27.5 Å². The molecule has 13 heteroatoms. The highest BCUT2D eigenvalue weighted by atomic mass is 35.5. The standard InChI is InChI=1S/C24H18ClF4N7O/c25-16-3-2-15(22(28)29)20(21(16)27)18-9-30-10-19(34-18)24(37)33-14-8-32-36(12-14)11-13-6-17(26)23(31-7-13)35-4-1-5-35/h2-3,6-10,12,22H,1,4-5,11H2,(H,33,37). The number of hydrogen-bond acceptors (Lipinski definition) is 6. The molecule has 3 aromatic heterocycles. The van der Waals surface area contributed by atoms with E-state index in [1.54, 1.807) is 6.20 Å². The third-order valence-corrected chi connectivity index (χ3v) is 6.05. The molecule has 1 fully saturated rings. The van der Waals surface area contributed by atoms with Crippen LogP contribution in [0.2, 0.25) is 5.02 Å². The first-order valence-electron chi connectivity index (χ1n) is 11.1. The van der Waals surface area contributed by atoms with Crippen LogP contribution in [0.3, 0.4) is 0 Å². The Kier molecular flexibility index (Phi) is 6.74. The van der Waals surface area contributed by atoms with Gasteiger partial charge in [0.05, 0.1) is 41.5 Å². The normalized spacial score (nSPS) is 13.1. The van der Waals surface area contributed by atoms with Crippen LogP contribution in [0.5, 0.6) is 0 Å². The molecular weight excluding hydrogens is 514 g/mol. The summed E-state index contributed by atoms with van der Waals surface area (Å²) in [5, 5.41) is 6.35. The lowest BCUT2D eigenvalue weighted by Gasteiger charge is -2.32. The van der Waals surface area contributed by atoms with Crippen LogP contribution in [0.15, 0.2) is 49.2 Å². The van der Waals surface area contributed by atoms with Gasteiger partial charge in [-0.1, -0.05) is 17.7 Å². The van der Waals surface area contributed by atoms with Gasteiger partial charge >= 0.3 is 0 Å². The fourth-order valence-corrected chi connectivity index (χ4v) is 3.98. The molecule has 4 heterocycles. The molecule has 0 bridgehead atoms. The van der Waals surface area contributed by atoms with E-state index in [4.69, 9.17) is 11.6 Å². The number of nitrogens with zero attached hydrogens (tertiary/aromatic N) is 6. The first-order valence-corrected chi connectivity index (χ1v) is 11.5. The first-order chi connectivity index (χ1) is 17.8. The molecule has 37 heavy (non-hydrogen) atoms. The molecule has 0 aliphatic carbocycles. The van der Waals surface area contributed by atoms with E-state index in [0.29, 0.717) is 17.1 Å². The Morgan fingerprint density at radius 1 is 1.14 bits per heavy atom. The highest BCUT2D eigenvalue weighted by molar-refractivity contribution is 6.31. The first kappa shape index (κ1) is 24.6. The van der Waals surface area contributed by atoms with Crippen LogP contribution < -0.4 is 10.2 Å². The van der Waals surface area contributed by atoms with Gasteiger partial charge in [0.15, 0.2) is 17.5 Å². The number of nitrogens with one attached hydrogen (secondary N) is 1. The molecule has 5 rings (SSSR count). The van der Waals surface area contributed by atoms with Crippen molar-refractivity contribution in [3.05, 3.63) is 82.7 Å². The predicted molar refractivity (Wildman–Crippen MR) is 128 cm³/mol. The van der Waals surface area contributed by atoms with Crippen LogP contribution in [-0.2, 0) is 6.54 Å². The van der Waals surface area contributed by atoms with Crippen LogP contribution in [-0.4, -0.2) is 43.7 Å². The molecule has 0 unspecified atom stereocenters. The zero-order valence-corrected chi connectivity index (χ0v) is 19.8. The third kappa shape index (κ3) is 5.10. The lowest BCUT2D eigenvalue weighted by Crippen LogP contribution is -2.38. The molecule has 1 amide bonds. The van der Waals surface area contributed by atoms with Crippen LogP contribution in [0.4, 0.5) is 29.1 Å². The largest absolute Gasteiger partial charge is 0.354 e. The number of benzene rings is 1. The van der Waals surface area contributed by atoms with Gasteiger partial charge in [-0.15, -0.1) is 0 Å². The Labute approximate surface area is 212 Å². The highest BCUT2D eigenvalue weighted by Gasteiger charge is 2.23. The minimum absolute atomic E-state index is 0.208. The molecule has 0 radical (unpaired) electrons. The molecule has 0 spiro atoms. The molecule has 1 saturated heterocycles. The molecule has 0 atom stereocenters. The van der Waals surface area contributed by atoms with Crippen LogP contribution in [0.1, 0.15) is 34.5 Å². The van der Waals surface area contributed by atoms with E-state index in [-0.39, 0.29) is 23.0 Å². The second-order valence-corrected chi connectivity index (χ2v) is 8.69. The molecular formula is C24H18ClF4N7O. The van der Waals surface area contributed by atoms with Gasteiger partial charge in [0.25, 0.3) is 12.3 Å². The van der Waals surface area contributed by atoms with Crippen LogP contribution >= 0.6 is 11.6 Å². The van der Waals surface area contributed by atoms with Crippen molar-refractivity contribution in [1.29, 1.82) is 0 Å². The number of aromatic nitrogens is 5. The van der Waals surface area contributed by atoms with E-state index in [0.717, 1.165) is 44.0 Å². The van der Waals surface area contributed by atoms with Gasteiger partial charge in [-0.2, -0.15) is 5.10 Å². The Morgan fingerprint density at radius 2 is 1.95 bits per heavy atom. The van der Waals surface area contributed by atoms with Gasteiger partial charge in [0, 0.05) is 36.6 Å². The topological polar surface area (TPSA) is 88.8 Å². The summed E-state index contributed by atoms with van der Waals surface area (Å²) in [4.78, 5) is 26.6. The number of amides is 1. The molecule has 1 N–H and O–H groups in total. The highest BCUT2D eigenvalue weighted by Crippen LogP contribution is 2.35. The number of hydrogen-bond donors (Lipinski definition) is 1. The fraction of sp³-hybridized carbons (Fsp3) is 0.208. The van der Waals surface area contributed by atoms with Gasteiger partial charge in [0.2, 0.25) is 0 Å². The quantitative estimate of drug-likeness (QED) is 0.333. The summed E-state index contributed by atoms with van der Waals surface area (Å²) in [5.41, 5.74) is -0.783. The van der Waals surface area contributed by atoms with Crippen molar-refractivity contribution in [3.63, 3.8) is 0 Å². The van der Waals surface area contributed by atoms with E-state index < -0.39 is 35.1 Å². The van der Waals surface area contributed by atoms with Crippen molar-refractivity contribution in [2.24, 2.45) is 0 Å². The average Bonchev–Trinajstić information content (AvgIpc) is 3.27. The maximum Gasteiger partial charge on any atom is 0.275 e. The summed E-state index contributed by atoms with van der Waals surface area (Å²) in [6.07, 6.45) is 4.65. The molecule has 1 aliphatic heterocycles.